The van der Waals surface area contributed by atoms with E-state index in [1.807, 2.05) is 32.0 Å². The van der Waals surface area contributed by atoms with Crippen LogP contribution in [0.5, 0.6) is 11.5 Å². The molecule has 2 rings (SSSR count). The number of halogens is 1. The molecule has 1 unspecified atom stereocenters. The van der Waals surface area contributed by atoms with Crippen LogP contribution in [0.15, 0.2) is 30.3 Å². The van der Waals surface area contributed by atoms with E-state index in [0.29, 0.717) is 16.5 Å². The topological polar surface area (TPSA) is 38.7 Å². The largest absolute Gasteiger partial charge is 0.493 e. The van der Waals surface area contributed by atoms with Crippen molar-refractivity contribution in [3.8, 4) is 11.5 Å². The summed E-state index contributed by atoms with van der Waals surface area (Å²) in [6.07, 6.45) is -0.761. The van der Waals surface area contributed by atoms with Crippen molar-refractivity contribution in [2.45, 2.75) is 20.0 Å². The molecule has 0 aliphatic rings. The zero-order valence-electron chi connectivity index (χ0n) is 12.6. The van der Waals surface area contributed by atoms with Crippen molar-refractivity contribution in [1.29, 1.82) is 0 Å². The molecular formula is C17H19ClO3. The summed E-state index contributed by atoms with van der Waals surface area (Å²) in [6, 6.07) is 9.22. The summed E-state index contributed by atoms with van der Waals surface area (Å²) in [6.45, 7) is 3.86. The van der Waals surface area contributed by atoms with Gasteiger partial charge in [-0.3, -0.25) is 0 Å². The Bertz CT molecular complexity index is 653. The maximum atomic E-state index is 10.6. The lowest BCUT2D eigenvalue weighted by Crippen LogP contribution is -2.04. The van der Waals surface area contributed by atoms with Crippen LogP contribution in [0.3, 0.4) is 0 Å². The SMILES string of the molecule is COc1cc(C)c(C(O)c2ccc(C)c(Cl)c2)cc1OC. The highest BCUT2D eigenvalue weighted by atomic mass is 35.5. The van der Waals surface area contributed by atoms with Gasteiger partial charge in [-0.2, -0.15) is 0 Å². The van der Waals surface area contributed by atoms with Gasteiger partial charge in [0.1, 0.15) is 6.10 Å². The lowest BCUT2D eigenvalue weighted by Gasteiger charge is -2.18. The Morgan fingerprint density at radius 1 is 0.952 bits per heavy atom. The number of aliphatic hydroxyl groups excluding tert-OH is 1. The number of hydrogen-bond donors (Lipinski definition) is 1. The normalized spacial score (nSPS) is 12.1. The molecular weight excluding hydrogens is 288 g/mol. The summed E-state index contributed by atoms with van der Waals surface area (Å²) in [7, 11) is 3.17. The van der Waals surface area contributed by atoms with E-state index in [4.69, 9.17) is 21.1 Å². The summed E-state index contributed by atoms with van der Waals surface area (Å²) in [5.74, 6) is 1.24. The number of aryl methyl sites for hydroxylation is 2. The monoisotopic (exact) mass is 306 g/mol. The van der Waals surface area contributed by atoms with E-state index in [9.17, 15) is 5.11 Å². The summed E-state index contributed by atoms with van der Waals surface area (Å²) in [5, 5.41) is 11.3. The van der Waals surface area contributed by atoms with Crippen LogP contribution in [-0.4, -0.2) is 19.3 Å². The lowest BCUT2D eigenvalue weighted by atomic mass is 9.96. The fourth-order valence-corrected chi connectivity index (χ4v) is 2.44. The molecule has 1 N–H and O–H groups in total. The van der Waals surface area contributed by atoms with Gasteiger partial charge < -0.3 is 14.6 Å². The third-order valence-electron chi connectivity index (χ3n) is 3.58. The second-order valence-electron chi connectivity index (χ2n) is 4.97. The molecule has 4 heteroatoms. The Hall–Kier alpha value is -1.71. The molecule has 0 heterocycles. The van der Waals surface area contributed by atoms with Crippen LogP contribution in [0, 0.1) is 13.8 Å². The number of benzene rings is 2. The van der Waals surface area contributed by atoms with Crippen LogP contribution < -0.4 is 9.47 Å². The highest BCUT2D eigenvalue weighted by Crippen LogP contribution is 2.35. The Kier molecular flexibility index (Phi) is 4.76. The Morgan fingerprint density at radius 3 is 2.14 bits per heavy atom. The van der Waals surface area contributed by atoms with Gasteiger partial charge in [-0.05, 0) is 54.3 Å². The van der Waals surface area contributed by atoms with Crippen LogP contribution in [0.4, 0.5) is 0 Å². The average Bonchev–Trinajstić information content (AvgIpc) is 2.49. The van der Waals surface area contributed by atoms with E-state index in [-0.39, 0.29) is 0 Å². The molecule has 0 amide bonds. The maximum Gasteiger partial charge on any atom is 0.161 e. The van der Waals surface area contributed by atoms with Crippen LogP contribution in [0.25, 0.3) is 0 Å². The quantitative estimate of drug-likeness (QED) is 0.926. The highest BCUT2D eigenvalue weighted by molar-refractivity contribution is 6.31. The van der Waals surface area contributed by atoms with Crippen molar-refractivity contribution < 1.29 is 14.6 Å². The lowest BCUT2D eigenvalue weighted by molar-refractivity contribution is 0.218. The van der Waals surface area contributed by atoms with Crippen molar-refractivity contribution >= 4 is 11.6 Å². The average molecular weight is 307 g/mol. The predicted molar refractivity (Wildman–Crippen MR) is 84.5 cm³/mol. The molecule has 0 radical (unpaired) electrons. The standard InChI is InChI=1S/C17H19ClO3/c1-10-5-6-12(8-14(10)18)17(19)13-9-16(21-4)15(20-3)7-11(13)2/h5-9,17,19H,1-4H3. The van der Waals surface area contributed by atoms with E-state index in [1.54, 1.807) is 26.4 Å². The summed E-state index contributed by atoms with van der Waals surface area (Å²) in [4.78, 5) is 0. The molecule has 0 aromatic heterocycles. The fourth-order valence-electron chi connectivity index (χ4n) is 2.25. The van der Waals surface area contributed by atoms with Crippen molar-refractivity contribution in [2.75, 3.05) is 14.2 Å². The summed E-state index contributed by atoms with van der Waals surface area (Å²) < 4.78 is 10.6. The second kappa shape index (κ2) is 6.37. The molecule has 0 bridgehead atoms. The molecule has 0 aliphatic carbocycles. The molecule has 112 valence electrons. The molecule has 21 heavy (non-hydrogen) atoms. The summed E-state index contributed by atoms with van der Waals surface area (Å²) >= 11 is 6.14. The van der Waals surface area contributed by atoms with E-state index in [1.165, 1.54) is 0 Å². The minimum Gasteiger partial charge on any atom is -0.493 e. The predicted octanol–water partition coefficient (Wildman–Crippen LogP) is 4.06. The van der Waals surface area contributed by atoms with E-state index in [0.717, 1.165) is 22.3 Å². The number of ether oxygens (including phenoxy) is 2. The first kappa shape index (κ1) is 15.7. The highest BCUT2D eigenvalue weighted by Gasteiger charge is 2.17. The molecule has 0 fully saturated rings. The summed E-state index contributed by atoms with van der Waals surface area (Å²) in [5.41, 5.74) is 3.43. The van der Waals surface area contributed by atoms with Gasteiger partial charge in [0.2, 0.25) is 0 Å². The molecule has 0 saturated carbocycles. The van der Waals surface area contributed by atoms with Gasteiger partial charge in [-0.1, -0.05) is 23.7 Å². The first-order chi connectivity index (χ1) is 9.97. The van der Waals surface area contributed by atoms with Crippen molar-refractivity contribution in [3.05, 3.63) is 57.6 Å². The first-order valence-electron chi connectivity index (χ1n) is 6.64. The van der Waals surface area contributed by atoms with Crippen LogP contribution in [0.1, 0.15) is 28.4 Å². The smallest absolute Gasteiger partial charge is 0.161 e. The van der Waals surface area contributed by atoms with Crippen LogP contribution in [-0.2, 0) is 0 Å². The van der Waals surface area contributed by atoms with E-state index >= 15 is 0 Å². The Morgan fingerprint density at radius 2 is 1.57 bits per heavy atom. The minimum atomic E-state index is -0.761. The van der Waals surface area contributed by atoms with E-state index < -0.39 is 6.10 Å². The van der Waals surface area contributed by atoms with Gasteiger partial charge in [0.05, 0.1) is 14.2 Å². The van der Waals surface area contributed by atoms with Crippen LogP contribution >= 0.6 is 11.6 Å². The first-order valence-corrected chi connectivity index (χ1v) is 7.02. The van der Waals surface area contributed by atoms with Gasteiger partial charge in [-0.15, -0.1) is 0 Å². The minimum absolute atomic E-state index is 0.593. The molecule has 0 saturated heterocycles. The molecule has 0 aliphatic heterocycles. The van der Waals surface area contributed by atoms with E-state index in [2.05, 4.69) is 0 Å². The van der Waals surface area contributed by atoms with Crippen molar-refractivity contribution in [3.63, 3.8) is 0 Å². The molecule has 3 nitrogen and oxygen atoms in total. The Balaban J connectivity index is 2.47. The van der Waals surface area contributed by atoms with Crippen molar-refractivity contribution in [1.82, 2.24) is 0 Å². The third kappa shape index (κ3) is 3.14. The second-order valence-corrected chi connectivity index (χ2v) is 5.38. The molecule has 2 aromatic carbocycles. The number of methoxy groups -OCH3 is 2. The van der Waals surface area contributed by atoms with Crippen molar-refractivity contribution in [2.24, 2.45) is 0 Å². The molecule has 1 atom stereocenters. The Labute approximate surface area is 130 Å². The van der Waals surface area contributed by atoms with Gasteiger partial charge in [-0.25, -0.2) is 0 Å². The zero-order chi connectivity index (χ0) is 15.6. The van der Waals surface area contributed by atoms with Gasteiger partial charge in [0, 0.05) is 5.02 Å². The fraction of sp³-hybridized carbons (Fsp3) is 0.294. The third-order valence-corrected chi connectivity index (χ3v) is 3.99. The maximum absolute atomic E-state index is 10.6. The number of aliphatic hydroxyl groups is 1. The molecule has 2 aromatic rings. The van der Waals surface area contributed by atoms with Gasteiger partial charge >= 0.3 is 0 Å². The number of rotatable bonds is 4. The van der Waals surface area contributed by atoms with Gasteiger partial charge in [0.15, 0.2) is 11.5 Å². The number of hydrogen-bond acceptors (Lipinski definition) is 3. The zero-order valence-corrected chi connectivity index (χ0v) is 13.4. The van der Waals surface area contributed by atoms with Crippen LogP contribution in [0.2, 0.25) is 5.02 Å². The van der Waals surface area contributed by atoms with Gasteiger partial charge in [0.25, 0.3) is 0 Å². The molecule has 0 spiro atoms.